The lowest BCUT2D eigenvalue weighted by molar-refractivity contribution is 1.15. The number of hydrogen-bond acceptors (Lipinski definition) is 2. The van der Waals surface area contributed by atoms with Gasteiger partial charge in [-0.15, -0.1) is 0 Å². The highest BCUT2D eigenvalue weighted by atomic mass is 35.5. The zero-order valence-electron chi connectivity index (χ0n) is 11.1. The van der Waals surface area contributed by atoms with Crippen molar-refractivity contribution < 1.29 is 0 Å². The molecular formula is C16H13Cl2N3. The van der Waals surface area contributed by atoms with Gasteiger partial charge in [-0.05, 0) is 41.5 Å². The molecule has 0 bridgehead atoms. The summed E-state index contributed by atoms with van der Waals surface area (Å²) in [5, 5.41) is 4.64. The summed E-state index contributed by atoms with van der Waals surface area (Å²) in [6.45, 7) is 0.670. The topological polar surface area (TPSA) is 40.7 Å². The average Bonchev–Trinajstić information content (AvgIpc) is 2.99. The SMILES string of the molecule is Clc1cc(Cl)cc(CNc2ccc(-c3cnc[nH]3)cc2)c1. The van der Waals surface area contributed by atoms with Gasteiger partial charge in [0.1, 0.15) is 0 Å². The van der Waals surface area contributed by atoms with Crippen LogP contribution in [0.1, 0.15) is 5.56 Å². The summed E-state index contributed by atoms with van der Waals surface area (Å²) in [4.78, 5) is 7.10. The number of benzene rings is 2. The molecule has 2 aromatic carbocycles. The van der Waals surface area contributed by atoms with E-state index in [1.165, 1.54) is 0 Å². The Kier molecular flexibility index (Phi) is 4.13. The van der Waals surface area contributed by atoms with E-state index in [2.05, 4.69) is 15.3 Å². The average molecular weight is 318 g/mol. The predicted octanol–water partition coefficient (Wildman–Crippen LogP) is 5.00. The molecule has 0 saturated carbocycles. The second kappa shape index (κ2) is 6.20. The molecule has 0 amide bonds. The van der Waals surface area contributed by atoms with Gasteiger partial charge >= 0.3 is 0 Å². The molecule has 5 heteroatoms. The molecular weight excluding hydrogens is 305 g/mol. The van der Waals surface area contributed by atoms with E-state index >= 15 is 0 Å². The van der Waals surface area contributed by atoms with E-state index in [-0.39, 0.29) is 0 Å². The molecule has 0 radical (unpaired) electrons. The number of imidazole rings is 1. The molecule has 0 atom stereocenters. The number of nitrogens with one attached hydrogen (secondary N) is 2. The summed E-state index contributed by atoms with van der Waals surface area (Å²) >= 11 is 12.0. The second-order valence-electron chi connectivity index (χ2n) is 4.67. The normalized spacial score (nSPS) is 10.6. The first-order valence-corrected chi connectivity index (χ1v) is 7.24. The molecule has 0 fully saturated rings. The molecule has 21 heavy (non-hydrogen) atoms. The molecule has 3 nitrogen and oxygen atoms in total. The number of rotatable bonds is 4. The van der Waals surface area contributed by atoms with Crippen LogP contribution in [0.25, 0.3) is 11.3 Å². The van der Waals surface area contributed by atoms with Gasteiger partial charge in [-0.1, -0.05) is 35.3 Å². The summed E-state index contributed by atoms with van der Waals surface area (Å²) in [6, 6.07) is 13.7. The summed E-state index contributed by atoms with van der Waals surface area (Å²) in [6.07, 6.45) is 3.47. The molecule has 0 unspecified atom stereocenters. The van der Waals surface area contributed by atoms with Crippen molar-refractivity contribution in [1.82, 2.24) is 9.97 Å². The summed E-state index contributed by atoms with van der Waals surface area (Å²) < 4.78 is 0. The third kappa shape index (κ3) is 3.57. The van der Waals surface area contributed by atoms with Crippen molar-refractivity contribution >= 4 is 28.9 Å². The highest BCUT2D eigenvalue weighted by Crippen LogP contribution is 2.21. The van der Waals surface area contributed by atoms with Gasteiger partial charge in [0, 0.05) is 22.3 Å². The second-order valence-corrected chi connectivity index (χ2v) is 5.55. The van der Waals surface area contributed by atoms with Gasteiger partial charge < -0.3 is 10.3 Å². The Labute approximate surface area is 132 Å². The fourth-order valence-electron chi connectivity index (χ4n) is 2.10. The van der Waals surface area contributed by atoms with Crippen molar-refractivity contribution in [3.8, 4) is 11.3 Å². The highest BCUT2D eigenvalue weighted by molar-refractivity contribution is 6.34. The quantitative estimate of drug-likeness (QED) is 0.711. The standard InChI is InChI=1S/C16H13Cl2N3/c17-13-5-11(6-14(18)7-13)8-20-15-3-1-12(2-4-15)16-9-19-10-21-16/h1-7,9-10,20H,8H2,(H,19,21). The molecule has 0 saturated heterocycles. The van der Waals surface area contributed by atoms with Crippen LogP contribution < -0.4 is 5.32 Å². The molecule has 106 valence electrons. The molecule has 1 aromatic heterocycles. The van der Waals surface area contributed by atoms with Crippen LogP contribution >= 0.6 is 23.2 Å². The predicted molar refractivity (Wildman–Crippen MR) is 87.8 cm³/mol. The minimum absolute atomic E-state index is 0.647. The Bertz CT molecular complexity index is 702. The lowest BCUT2D eigenvalue weighted by Crippen LogP contribution is -1.99. The Balaban J connectivity index is 1.68. The molecule has 0 aliphatic rings. The Hall–Kier alpha value is -1.97. The van der Waals surface area contributed by atoms with E-state index in [1.807, 2.05) is 36.4 Å². The monoisotopic (exact) mass is 317 g/mol. The van der Waals surface area contributed by atoms with Crippen LogP contribution in [0, 0.1) is 0 Å². The van der Waals surface area contributed by atoms with Crippen molar-refractivity contribution in [2.75, 3.05) is 5.32 Å². The lowest BCUT2D eigenvalue weighted by Gasteiger charge is -2.08. The van der Waals surface area contributed by atoms with Gasteiger partial charge in [-0.25, -0.2) is 4.98 Å². The third-order valence-corrected chi connectivity index (χ3v) is 3.55. The van der Waals surface area contributed by atoms with Crippen molar-refractivity contribution in [3.63, 3.8) is 0 Å². The van der Waals surface area contributed by atoms with Gasteiger partial charge in [0.15, 0.2) is 0 Å². The lowest BCUT2D eigenvalue weighted by atomic mass is 10.1. The summed E-state index contributed by atoms with van der Waals surface area (Å²) in [5.41, 5.74) is 4.19. The zero-order chi connectivity index (χ0) is 14.7. The number of hydrogen-bond donors (Lipinski definition) is 2. The molecule has 0 aliphatic carbocycles. The molecule has 0 aliphatic heterocycles. The highest BCUT2D eigenvalue weighted by Gasteiger charge is 2.01. The fourth-order valence-corrected chi connectivity index (χ4v) is 2.67. The molecule has 3 rings (SSSR count). The first-order chi connectivity index (χ1) is 10.2. The van der Waals surface area contributed by atoms with Gasteiger partial charge in [0.05, 0.1) is 18.2 Å². The Morgan fingerprint density at radius 1 is 1.00 bits per heavy atom. The third-order valence-electron chi connectivity index (χ3n) is 3.11. The summed E-state index contributed by atoms with van der Waals surface area (Å²) in [7, 11) is 0. The van der Waals surface area contributed by atoms with E-state index in [0.29, 0.717) is 16.6 Å². The van der Waals surface area contributed by atoms with Gasteiger partial charge in [-0.3, -0.25) is 0 Å². The maximum atomic E-state index is 5.99. The van der Waals surface area contributed by atoms with E-state index < -0.39 is 0 Å². The van der Waals surface area contributed by atoms with Crippen molar-refractivity contribution in [2.24, 2.45) is 0 Å². The number of anilines is 1. The minimum Gasteiger partial charge on any atom is -0.381 e. The Morgan fingerprint density at radius 2 is 1.71 bits per heavy atom. The van der Waals surface area contributed by atoms with Crippen LogP contribution in [0.15, 0.2) is 55.0 Å². The number of nitrogens with zero attached hydrogens (tertiary/aromatic N) is 1. The van der Waals surface area contributed by atoms with Crippen LogP contribution in [0.2, 0.25) is 10.0 Å². The first-order valence-electron chi connectivity index (χ1n) is 6.48. The largest absolute Gasteiger partial charge is 0.381 e. The van der Waals surface area contributed by atoms with Crippen LogP contribution in [0.4, 0.5) is 5.69 Å². The van der Waals surface area contributed by atoms with Crippen molar-refractivity contribution in [2.45, 2.75) is 6.54 Å². The molecule has 0 spiro atoms. The van der Waals surface area contributed by atoms with E-state index in [1.54, 1.807) is 18.6 Å². The van der Waals surface area contributed by atoms with E-state index in [9.17, 15) is 0 Å². The van der Waals surface area contributed by atoms with Crippen LogP contribution in [-0.4, -0.2) is 9.97 Å². The molecule has 3 aromatic rings. The van der Waals surface area contributed by atoms with Gasteiger partial charge in [-0.2, -0.15) is 0 Å². The Morgan fingerprint density at radius 3 is 2.33 bits per heavy atom. The smallest absolute Gasteiger partial charge is 0.0924 e. The zero-order valence-corrected chi connectivity index (χ0v) is 12.6. The minimum atomic E-state index is 0.647. The number of H-pyrrole nitrogens is 1. The fraction of sp³-hybridized carbons (Fsp3) is 0.0625. The summed E-state index contributed by atoms with van der Waals surface area (Å²) in [5.74, 6) is 0. The van der Waals surface area contributed by atoms with Crippen LogP contribution in [0.5, 0.6) is 0 Å². The molecule has 1 heterocycles. The van der Waals surface area contributed by atoms with Crippen LogP contribution in [-0.2, 0) is 6.54 Å². The number of halogens is 2. The van der Waals surface area contributed by atoms with Crippen LogP contribution in [0.3, 0.4) is 0 Å². The number of aromatic amines is 1. The number of aromatic nitrogens is 2. The maximum Gasteiger partial charge on any atom is 0.0924 e. The van der Waals surface area contributed by atoms with Crippen molar-refractivity contribution in [1.29, 1.82) is 0 Å². The molecule has 2 N–H and O–H groups in total. The maximum absolute atomic E-state index is 5.99. The van der Waals surface area contributed by atoms with Gasteiger partial charge in [0.25, 0.3) is 0 Å². The van der Waals surface area contributed by atoms with E-state index in [4.69, 9.17) is 23.2 Å². The first kappa shape index (κ1) is 14.0. The van der Waals surface area contributed by atoms with Gasteiger partial charge in [0.2, 0.25) is 0 Å². The van der Waals surface area contributed by atoms with E-state index in [0.717, 1.165) is 22.5 Å². The van der Waals surface area contributed by atoms with Crippen molar-refractivity contribution in [3.05, 3.63) is 70.6 Å².